The molecule has 0 unspecified atom stereocenters. The molecule has 0 aliphatic rings. The number of aromatic nitrogens is 5. The second kappa shape index (κ2) is 4.70. The zero-order chi connectivity index (χ0) is 12.5. The van der Waals surface area contributed by atoms with Gasteiger partial charge in [-0.15, -0.1) is 5.10 Å². The standard InChI is InChI=1S/C11H9BrClN5/c12-3-9-6-18(16-15-9)7-10-5-17-4-8(13)1-2-11(17)14-10/h1-2,4-6H,3,7H2. The Hall–Kier alpha value is -1.40. The van der Waals surface area contributed by atoms with E-state index >= 15 is 0 Å². The lowest BCUT2D eigenvalue weighted by Crippen LogP contribution is -2.00. The van der Waals surface area contributed by atoms with Gasteiger partial charge in [0.15, 0.2) is 0 Å². The van der Waals surface area contributed by atoms with Crippen LogP contribution in [0.2, 0.25) is 5.02 Å². The largest absolute Gasteiger partial charge is 0.305 e. The van der Waals surface area contributed by atoms with Crippen LogP contribution >= 0.6 is 27.5 Å². The number of rotatable bonds is 3. The van der Waals surface area contributed by atoms with Gasteiger partial charge in [-0.2, -0.15) is 0 Å². The van der Waals surface area contributed by atoms with Gasteiger partial charge in [0.2, 0.25) is 0 Å². The van der Waals surface area contributed by atoms with Gasteiger partial charge in [0.25, 0.3) is 0 Å². The van der Waals surface area contributed by atoms with Crippen LogP contribution in [0.4, 0.5) is 0 Å². The lowest BCUT2D eigenvalue weighted by Gasteiger charge is -1.93. The summed E-state index contributed by atoms with van der Waals surface area (Å²) in [6, 6.07) is 3.71. The summed E-state index contributed by atoms with van der Waals surface area (Å²) in [5.41, 5.74) is 2.69. The maximum atomic E-state index is 5.93. The quantitative estimate of drug-likeness (QED) is 0.695. The van der Waals surface area contributed by atoms with Gasteiger partial charge in [-0.25, -0.2) is 9.67 Å². The van der Waals surface area contributed by atoms with Crippen LogP contribution in [0.25, 0.3) is 5.65 Å². The van der Waals surface area contributed by atoms with Crippen LogP contribution < -0.4 is 0 Å². The van der Waals surface area contributed by atoms with Crippen molar-refractivity contribution in [3.05, 3.63) is 47.1 Å². The molecule has 92 valence electrons. The first-order chi connectivity index (χ1) is 8.74. The molecule has 0 atom stereocenters. The molecule has 0 radical (unpaired) electrons. The number of nitrogens with zero attached hydrogens (tertiary/aromatic N) is 5. The number of fused-ring (bicyclic) bond motifs is 1. The lowest BCUT2D eigenvalue weighted by atomic mass is 10.5. The second-order valence-corrected chi connectivity index (χ2v) is 4.88. The van der Waals surface area contributed by atoms with Crippen molar-refractivity contribution in [1.82, 2.24) is 24.4 Å². The fraction of sp³-hybridized carbons (Fsp3) is 0.182. The molecule has 0 saturated carbocycles. The highest BCUT2D eigenvalue weighted by Crippen LogP contribution is 2.12. The fourth-order valence-corrected chi connectivity index (χ4v) is 2.16. The third-order valence-electron chi connectivity index (χ3n) is 2.51. The van der Waals surface area contributed by atoms with Gasteiger partial charge < -0.3 is 4.40 Å². The maximum Gasteiger partial charge on any atom is 0.137 e. The van der Waals surface area contributed by atoms with E-state index in [4.69, 9.17) is 11.6 Å². The molecule has 3 aromatic heterocycles. The molecule has 0 spiro atoms. The van der Waals surface area contributed by atoms with Crippen molar-refractivity contribution in [2.45, 2.75) is 11.9 Å². The van der Waals surface area contributed by atoms with Crippen molar-refractivity contribution in [1.29, 1.82) is 0 Å². The Kier molecular flexibility index (Phi) is 3.05. The molecule has 0 bridgehead atoms. The van der Waals surface area contributed by atoms with Gasteiger partial charge in [-0.05, 0) is 12.1 Å². The minimum Gasteiger partial charge on any atom is -0.305 e. The minimum atomic E-state index is 0.597. The smallest absolute Gasteiger partial charge is 0.137 e. The van der Waals surface area contributed by atoms with E-state index in [1.54, 1.807) is 4.68 Å². The van der Waals surface area contributed by atoms with Gasteiger partial charge in [0.05, 0.1) is 23.0 Å². The predicted octanol–water partition coefficient (Wildman–Crippen LogP) is 2.52. The molecule has 0 aromatic carbocycles. The Morgan fingerprint density at radius 3 is 2.83 bits per heavy atom. The summed E-state index contributed by atoms with van der Waals surface area (Å²) in [5.74, 6) is 0. The molecular formula is C11H9BrClN5. The highest BCUT2D eigenvalue weighted by molar-refractivity contribution is 9.08. The first-order valence-electron chi connectivity index (χ1n) is 5.33. The molecule has 0 saturated heterocycles. The summed E-state index contributed by atoms with van der Waals surface area (Å²) in [6.45, 7) is 0.597. The summed E-state index contributed by atoms with van der Waals surface area (Å²) in [6.07, 6.45) is 5.67. The van der Waals surface area contributed by atoms with Crippen LogP contribution in [0.15, 0.2) is 30.7 Å². The van der Waals surface area contributed by atoms with E-state index in [0.717, 1.165) is 17.0 Å². The zero-order valence-corrected chi connectivity index (χ0v) is 11.6. The summed E-state index contributed by atoms with van der Waals surface area (Å²) >= 11 is 9.27. The Balaban J connectivity index is 1.90. The monoisotopic (exact) mass is 325 g/mol. The van der Waals surface area contributed by atoms with Crippen molar-refractivity contribution in [3.63, 3.8) is 0 Å². The maximum absolute atomic E-state index is 5.93. The van der Waals surface area contributed by atoms with E-state index in [-0.39, 0.29) is 0 Å². The fourth-order valence-electron chi connectivity index (χ4n) is 1.74. The molecule has 0 fully saturated rings. The molecule has 18 heavy (non-hydrogen) atoms. The van der Waals surface area contributed by atoms with Gasteiger partial charge in [-0.3, -0.25) is 0 Å². The van der Waals surface area contributed by atoms with Crippen LogP contribution in [-0.2, 0) is 11.9 Å². The van der Waals surface area contributed by atoms with E-state index in [2.05, 4.69) is 31.2 Å². The van der Waals surface area contributed by atoms with E-state index in [9.17, 15) is 0 Å². The van der Waals surface area contributed by atoms with Crippen molar-refractivity contribution >= 4 is 33.2 Å². The third kappa shape index (κ3) is 2.26. The Morgan fingerprint density at radius 2 is 2.06 bits per heavy atom. The van der Waals surface area contributed by atoms with Crippen LogP contribution in [0.1, 0.15) is 11.4 Å². The molecule has 0 aliphatic heterocycles. The van der Waals surface area contributed by atoms with Crippen molar-refractivity contribution in [2.24, 2.45) is 0 Å². The van der Waals surface area contributed by atoms with E-state index in [0.29, 0.717) is 16.9 Å². The van der Waals surface area contributed by atoms with Crippen molar-refractivity contribution < 1.29 is 0 Å². The average Bonchev–Trinajstić information content (AvgIpc) is 2.95. The van der Waals surface area contributed by atoms with Crippen LogP contribution in [0.3, 0.4) is 0 Å². The summed E-state index contributed by atoms with van der Waals surface area (Å²) in [5, 5.41) is 9.43. The van der Waals surface area contributed by atoms with E-state index in [1.807, 2.05) is 35.1 Å². The molecule has 3 heterocycles. The number of hydrogen-bond donors (Lipinski definition) is 0. The van der Waals surface area contributed by atoms with Crippen molar-refractivity contribution in [3.8, 4) is 0 Å². The normalized spacial score (nSPS) is 11.2. The van der Waals surface area contributed by atoms with Gasteiger partial charge in [0, 0.05) is 23.9 Å². The van der Waals surface area contributed by atoms with Crippen LogP contribution in [0.5, 0.6) is 0 Å². The SMILES string of the molecule is Clc1ccc2nc(Cn3cc(CBr)nn3)cn2c1. The molecule has 7 heteroatoms. The number of hydrogen-bond acceptors (Lipinski definition) is 3. The molecule has 0 amide bonds. The van der Waals surface area contributed by atoms with Crippen molar-refractivity contribution in [2.75, 3.05) is 0 Å². The third-order valence-corrected chi connectivity index (χ3v) is 3.31. The Morgan fingerprint density at radius 1 is 1.17 bits per heavy atom. The van der Waals surface area contributed by atoms with Gasteiger partial charge in [-0.1, -0.05) is 32.7 Å². The highest BCUT2D eigenvalue weighted by Gasteiger charge is 2.05. The first-order valence-corrected chi connectivity index (χ1v) is 6.82. The molecule has 5 nitrogen and oxygen atoms in total. The van der Waals surface area contributed by atoms with Crippen LogP contribution in [0, 0.1) is 0 Å². The molecule has 0 N–H and O–H groups in total. The molecule has 0 aliphatic carbocycles. The highest BCUT2D eigenvalue weighted by atomic mass is 79.9. The number of halogens is 2. The Labute approximate surface area is 117 Å². The van der Waals surface area contributed by atoms with E-state index in [1.165, 1.54) is 0 Å². The summed E-state index contributed by atoms with van der Waals surface area (Å²) in [4.78, 5) is 4.49. The number of pyridine rings is 1. The van der Waals surface area contributed by atoms with Gasteiger partial charge >= 0.3 is 0 Å². The summed E-state index contributed by atoms with van der Waals surface area (Å²) < 4.78 is 3.67. The second-order valence-electron chi connectivity index (χ2n) is 3.89. The zero-order valence-electron chi connectivity index (χ0n) is 9.29. The van der Waals surface area contributed by atoms with Gasteiger partial charge in [0.1, 0.15) is 5.65 Å². The topological polar surface area (TPSA) is 48.0 Å². The van der Waals surface area contributed by atoms with Crippen LogP contribution in [-0.4, -0.2) is 24.4 Å². The molecule has 3 rings (SSSR count). The number of imidazole rings is 1. The predicted molar refractivity (Wildman–Crippen MR) is 72.0 cm³/mol. The van der Waals surface area contributed by atoms with E-state index < -0.39 is 0 Å². The lowest BCUT2D eigenvalue weighted by molar-refractivity contribution is 0.641. The molecular weight excluding hydrogens is 318 g/mol. The average molecular weight is 327 g/mol. The Bertz CT molecular complexity index is 690. The number of alkyl halides is 1. The first kappa shape index (κ1) is 11.7. The summed E-state index contributed by atoms with van der Waals surface area (Å²) in [7, 11) is 0. The molecule has 3 aromatic rings. The minimum absolute atomic E-state index is 0.597.